The normalized spacial score (nSPS) is 11.8. The number of carboxylic acid groups (broad SMARTS) is 1. The van der Waals surface area contributed by atoms with Crippen LogP contribution in [0.25, 0.3) is 33.4 Å². The van der Waals surface area contributed by atoms with Crippen LogP contribution in [0.1, 0.15) is 30.6 Å². The maximum absolute atomic E-state index is 12.3. The Hall–Kier alpha value is -4.24. The molecule has 1 aliphatic carbocycles. The Bertz CT molecular complexity index is 1510. The molecular formula is C26H22N2O6S. The van der Waals surface area contributed by atoms with Crippen molar-refractivity contribution in [3.8, 4) is 28.2 Å². The Morgan fingerprint density at radius 2 is 1.80 bits per heavy atom. The molecule has 8 nitrogen and oxygen atoms in total. The van der Waals surface area contributed by atoms with Crippen molar-refractivity contribution in [1.29, 1.82) is 0 Å². The van der Waals surface area contributed by atoms with Gasteiger partial charge in [-0.1, -0.05) is 6.07 Å². The van der Waals surface area contributed by atoms with E-state index in [1.54, 1.807) is 24.3 Å². The van der Waals surface area contributed by atoms with E-state index in [1.165, 1.54) is 37.3 Å². The molecule has 0 amide bonds. The number of carbonyl (C=O) groups is 2. The Morgan fingerprint density at radius 1 is 1.06 bits per heavy atom. The summed E-state index contributed by atoms with van der Waals surface area (Å²) in [5.41, 5.74) is 2.02. The Kier molecular flexibility index (Phi) is 6.52. The number of hydrogen-bond donors (Lipinski definition) is 4. The molecule has 0 spiro atoms. The predicted molar refractivity (Wildman–Crippen MR) is 137 cm³/mol. The third-order valence-corrected chi connectivity index (χ3v) is 5.65. The lowest BCUT2D eigenvalue weighted by atomic mass is 9.90. The molecule has 0 aromatic heterocycles. The second-order valence-corrected chi connectivity index (χ2v) is 8.69. The number of ketones is 1. The summed E-state index contributed by atoms with van der Waals surface area (Å²) in [5.74, 6) is -0.887. The monoisotopic (exact) mass is 490 g/mol. The van der Waals surface area contributed by atoms with E-state index >= 15 is 0 Å². The van der Waals surface area contributed by atoms with Crippen molar-refractivity contribution in [2.75, 3.05) is 5.32 Å². The number of fused-ring (bicyclic) bond motifs is 2. The zero-order valence-electron chi connectivity index (χ0n) is 18.9. The Labute approximate surface area is 205 Å². The summed E-state index contributed by atoms with van der Waals surface area (Å²) in [6.07, 6.45) is 0.307. The summed E-state index contributed by atoms with van der Waals surface area (Å²) in [5, 5.41) is 26.8. The summed E-state index contributed by atoms with van der Waals surface area (Å²) in [6.45, 7) is 3.32. The van der Waals surface area contributed by atoms with Crippen molar-refractivity contribution in [1.82, 2.24) is 5.32 Å². The first-order chi connectivity index (χ1) is 16.6. The number of phenols is 1. The molecule has 0 saturated heterocycles. The molecule has 0 fully saturated rings. The zero-order chi connectivity index (χ0) is 25.3. The number of rotatable bonds is 6. The van der Waals surface area contributed by atoms with E-state index in [2.05, 4.69) is 10.6 Å². The highest BCUT2D eigenvalue weighted by molar-refractivity contribution is 7.80. The molecule has 9 heteroatoms. The first kappa shape index (κ1) is 23.9. The van der Waals surface area contributed by atoms with Gasteiger partial charge in [0.1, 0.15) is 22.9 Å². The number of nitrogens with one attached hydrogen (secondary N) is 2. The number of aromatic carboxylic acids is 1. The molecule has 2 aliphatic rings. The topological polar surface area (TPSA) is 129 Å². The van der Waals surface area contributed by atoms with Crippen LogP contribution in [0.2, 0.25) is 0 Å². The molecule has 1 unspecified atom stereocenters. The quantitative estimate of drug-likeness (QED) is 0.226. The lowest BCUT2D eigenvalue weighted by molar-refractivity contribution is -0.117. The van der Waals surface area contributed by atoms with Gasteiger partial charge in [-0.3, -0.25) is 9.59 Å². The molecule has 0 bridgehead atoms. The van der Waals surface area contributed by atoms with Gasteiger partial charge in [0.2, 0.25) is 0 Å². The largest absolute Gasteiger partial charge is 0.508 e. The zero-order valence-corrected chi connectivity index (χ0v) is 19.7. The first-order valence-electron chi connectivity index (χ1n) is 10.8. The average Bonchev–Trinajstić information content (AvgIpc) is 2.76. The average molecular weight is 491 g/mol. The van der Waals surface area contributed by atoms with E-state index in [0.717, 1.165) is 0 Å². The van der Waals surface area contributed by atoms with Crippen LogP contribution in [0.4, 0.5) is 5.69 Å². The summed E-state index contributed by atoms with van der Waals surface area (Å²) in [7, 11) is 0. The molecule has 1 atom stereocenters. The highest BCUT2D eigenvalue weighted by Crippen LogP contribution is 2.42. The number of anilines is 1. The van der Waals surface area contributed by atoms with Crippen LogP contribution in [0.5, 0.6) is 5.75 Å². The maximum atomic E-state index is 12.3. The van der Waals surface area contributed by atoms with Crippen molar-refractivity contribution >= 4 is 45.7 Å². The predicted octanol–water partition coefficient (Wildman–Crippen LogP) is 4.62. The number of Topliss-reactive ketones (excluding diaryl/α,β-unsaturated/α-hetero) is 1. The minimum atomic E-state index is -1.16. The van der Waals surface area contributed by atoms with Crippen molar-refractivity contribution in [2.24, 2.45) is 0 Å². The van der Waals surface area contributed by atoms with E-state index in [0.29, 0.717) is 39.8 Å². The molecular weight excluding hydrogens is 468 g/mol. The molecule has 1 aliphatic heterocycles. The summed E-state index contributed by atoms with van der Waals surface area (Å²) in [4.78, 5) is 35.5. The molecule has 1 heterocycles. The number of phenolic OH excluding ortho intramolecular Hbond substituents is 1. The third kappa shape index (κ3) is 5.15. The van der Waals surface area contributed by atoms with E-state index in [1.807, 2.05) is 6.92 Å². The second-order valence-electron chi connectivity index (χ2n) is 8.29. The van der Waals surface area contributed by atoms with Crippen molar-refractivity contribution in [3.63, 3.8) is 0 Å². The SMILES string of the molecule is CC(=O)CC(C)NC(=S)Nc1ccc(-c2c3ccc(=O)cc-3oc3cc(O)ccc23)c(C(=O)O)c1. The van der Waals surface area contributed by atoms with E-state index in [-0.39, 0.29) is 39.4 Å². The van der Waals surface area contributed by atoms with Crippen LogP contribution < -0.4 is 16.1 Å². The minimum Gasteiger partial charge on any atom is -0.508 e. The smallest absolute Gasteiger partial charge is 0.336 e. The molecule has 178 valence electrons. The van der Waals surface area contributed by atoms with Gasteiger partial charge in [-0.15, -0.1) is 0 Å². The minimum absolute atomic E-state index is 0.00246. The summed E-state index contributed by atoms with van der Waals surface area (Å²) < 4.78 is 5.84. The van der Waals surface area contributed by atoms with Crippen molar-refractivity contribution < 1.29 is 24.2 Å². The number of hydrogen-bond acceptors (Lipinski definition) is 6. The third-order valence-electron chi connectivity index (χ3n) is 5.43. The van der Waals surface area contributed by atoms with Crippen LogP contribution >= 0.6 is 12.2 Å². The fourth-order valence-electron chi connectivity index (χ4n) is 4.04. The number of benzene rings is 3. The highest BCUT2D eigenvalue weighted by Gasteiger charge is 2.22. The lowest BCUT2D eigenvalue weighted by Crippen LogP contribution is -2.36. The number of aromatic hydroxyl groups is 1. The van der Waals surface area contributed by atoms with Crippen molar-refractivity contribution in [3.05, 3.63) is 70.4 Å². The highest BCUT2D eigenvalue weighted by atomic mass is 32.1. The van der Waals surface area contributed by atoms with Gasteiger partial charge in [0.05, 0.1) is 5.56 Å². The summed E-state index contributed by atoms with van der Waals surface area (Å²) >= 11 is 5.30. The van der Waals surface area contributed by atoms with E-state index < -0.39 is 5.97 Å². The fourth-order valence-corrected chi connectivity index (χ4v) is 4.36. The maximum Gasteiger partial charge on any atom is 0.336 e. The van der Waals surface area contributed by atoms with Gasteiger partial charge in [-0.05, 0) is 68.0 Å². The molecule has 4 rings (SSSR count). The van der Waals surface area contributed by atoms with Crippen LogP contribution in [-0.2, 0) is 4.79 Å². The number of carbonyl (C=O) groups excluding carboxylic acids is 1. The molecule has 0 radical (unpaired) electrons. The Balaban J connectivity index is 1.82. The fraction of sp³-hybridized carbons (Fsp3) is 0.154. The van der Waals surface area contributed by atoms with E-state index in [9.17, 15) is 24.6 Å². The molecule has 0 saturated carbocycles. The van der Waals surface area contributed by atoms with E-state index in [4.69, 9.17) is 16.6 Å². The van der Waals surface area contributed by atoms with Gasteiger partial charge in [0, 0.05) is 46.8 Å². The van der Waals surface area contributed by atoms with Crippen LogP contribution in [0.3, 0.4) is 0 Å². The molecule has 2 aromatic rings. The summed E-state index contributed by atoms with van der Waals surface area (Å²) in [6, 6.07) is 13.5. The van der Waals surface area contributed by atoms with Gasteiger partial charge in [0.15, 0.2) is 10.5 Å². The molecule has 2 aromatic carbocycles. The Morgan fingerprint density at radius 3 is 2.51 bits per heavy atom. The van der Waals surface area contributed by atoms with Crippen molar-refractivity contribution in [2.45, 2.75) is 26.3 Å². The van der Waals surface area contributed by atoms with Crippen LogP contribution in [0.15, 0.2) is 63.8 Å². The standard InChI is InChI=1S/C26H22N2O6S/c1-13(9-14(2)29)27-26(35)28-15-3-6-18(21(10-15)25(32)33)24-19-7-4-16(30)11-22(19)34-23-12-17(31)5-8-20(23)24/h3-8,10-13,30H,9H2,1-2H3,(H,32,33)(H2,27,28,35). The molecule has 35 heavy (non-hydrogen) atoms. The lowest BCUT2D eigenvalue weighted by Gasteiger charge is -2.19. The van der Waals surface area contributed by atoms with Gasteiger partial charge in [-0.25, -0.2) is 4.79 Å². The van der Waals surface area contributed by atoms with Crippen LogP contribution in [0, 0.1) is 0 Å². The number of carboxylic acids is 1. The van der Waals surface area contributed by atoms with Gasteiger partial charge in [-0.2, -0.15) is 0 Å². The van der Waals surface area contributed by atoms with Crippen LogP contribution in [-0.4, -0.2) is 33.1 Å². The van der Waals surface area contributed by atoms with Gasteiger partial charge in [0.25, 0.3) is 0 Å². The van der Waals surface area contributed by atoms with Gasteiger partial charge < -0.3 is 25.3 Å². The van der Waals surface area contributed by atoms with Gasteiger partial charge >= 0.3 is 5.97 Å². The first-order valence-corrected chi connectivity index (χ1v) is 11.2. The molecule has 4 N–H and O–H groups in total. The number of thiocarbonyl (C=S) groups is 1. The second kappa shape index (κ2) is 9.55.